The maximum absolute atomic E-state index is 11.2. The first-order valence-corrected chi connectivity index (χ1v) is 5.95. The fourth-order valence-electron chi connectivity index (χ4n) is 1.69. The van der Waals surface area contributed by atoms with E-state index in [4.69, 9.17) is 20.9 Å². The van der Waals surface area contributed by atoms with Crippen LogP contribution in [0.1, 0.15) is 18.9 Å². The topological polar surface area (TPSA) is 87.6 Å². The molecule has 5 heteroatoms. The fourth-order valence-corrected chi connectivity index (χ4v) is 1.69. The normalized spacial score (nSPS) is 11.9. The van der Waals surface area contributed by atoms with Crippen LogP contribution < -0.4 is 20.9 Å². The first-order chi connectivity index (χ1) is 8.63. The lowest BCUT2D eigenvalue weighted by molar-refractivity contribution is -0.124. The highest BCUT2D eigenvalue weighted by molar-refractivity contribution is 5.79. The Labute approximate surface area is 107 Å². The Kier molecular flexibility index (Phi) is 5.45. The molecule has 18 heavy (non-hydrogen) atoms. The largest absolute Gasteiger partial charge is 0.493 e. The van der Waals surface area contributed by atoms with Crippen molar-refractivity contribution >= 4 is 5.91 Å². The Morgan fingerprint density at radius 2 is 2.17 bits per heavy atom. The second kappa shape index (κ2) is 6.86. The van der Waals surface area contributed by atoms with Crippen LogP contribution in [0.25, 0.3) is 0 Å². The zero-order valence-corrected chi connectivity index (χ0v) is 10.8. The minimum absolute atomic E-state index is 0.484. The molecule has 0 saturated carbocycles. The molecule has 0 aliphatic heterocycles. The van der Waals surface area contributed by atoms with E-state index >= 15 is 0 Å². The van der Waals surface area contributed by atoms with E-state index in [0.717, 1.165) is 5.56 Å². The van der Waals surface area contributed by atoms with E-state index in [0.29, 0.717) is 30.9 Å². The first kappa shape index (κ1) is 14.3. The first-order valence-electron chi connectivity index (χ1n) is 5.95. The molecule has 1 rings (SSSR count). The van der Waals surface area contributed by atoms with Gasteiger partial charge in [-0.15, -0.1) is 0 Å². The SMILES string of the molecule is CCC(Oc1c(CCN)cccc1OC)C(N)=O. The molecule has 0 bridgehead atoms. The average molecular weight is 252 g/mol. The van der Waals surface area contributed by atoms with Gasteiger partial charge in [0.05, 0.1) is 7.11 Å². The summed E-state index contributed by atoms with van der Waals surface area (Å²) in [6.07, 6.45) is 0.509. The lowest BCUT2D eigenvalue weighted by Crippen LogP contribution is -2.33. The predicted octanol–water partition coefficient (Wildman–Crippen LogP) is 0.839. The molecule has 1 aromatic rings. The average Bonchev–Trinajstić information content (AvgIpc) is 2.36. The lowest BCUT2D eigenvalue weighted by atomic mass is 10.1. The van der Waals surface area contributed by atoms with E-state index < -0.39 is 12.0 Å². The van der Waals surface area contributed by atoms with Crippen molar-refractivity contribution in [1.82, 2.24) is 0 Å². The Morgan fingerprint density at radius 3 is 2.67 bits per heavy atom. The summed E-state index contributed by atoms with van der Waals surface area (Å²) in [5, 5.41) is 0. The summed E-state index contributed by atoms with van der Waals surface area (Å²) < 4.78 is 10.9. The van der Waals surface area contributed by atoms with E-state index in [-0.39, 0.29) is 0 Å². The van der Waals surface area contributed by atoms with E-state index in [1.54, 1.807) is 13.2 Å². The van der Waals surface area contributed by atoms with Gasteiger partial charge in [-0.05, 0) is 31.0 Å². The minimum Gasteiger partial charge on any atom is -0.493 e. The van der Waals surface area contributed by atoms with Crippen LogP contribution in [0.3, 0.4) is 0 Å². The van der Waals surface area contributed by atoms with Crippen molar-refractivity contribution in [2.75, 3.05) is 13.7 Å². The van der Waals surface area contributed by atoms with Gasteiger partial charge in [-0.2, -0.15) is 0 Å². The van der Waals surface area contributed by atoms with Gasteiger partial charge in [0.15, 0.2) is 17.6 Å². The van der Waals surface area contributed by atoms with Gasteiger partial charge in [0.2, 0.25) is 0 Å². The zero-order valence-electron chi connectivity index (χ0n) is 10.8. The van der Waals surface area contributed by atoms with Crippen molar-refractivity contribution in [2.45, 2.75) is 25.9 Å². The molecule has 0 aromatic heterocycles. The van der Waals surface area contributed by atoms with Crippen molar-refractivity contribution in [2.24, 2.45) is 11.5 Å². The summed E-state index contributed by atoms with van der Waals surface area (Å²) in [6.45, 7) is 2.34. The van der Waals surface area contributed by atoms with Crippen LogP contribution in [0.2, 0.25) is 0 Å². The maximum Gasteiger partial charge on any atom is 0.258 e. The molecule has 0 spiro atoms. The van der Waals surface area contributed by atoms with Gasteiger partial charge < -0.3 is 20.9 Å². The standard InChI is InChI=1S/C13H20N2O3/c1-3-10(13(15)16)18-12-9(7-8-14)5-4-6-11(12)17-2/h4-6,10H,3,7-8,14H2,1-2H3,(H2,15,16). The Morgan fingerprint density at radius 1 is 1.44 bits per heavy atom. The van der Waals surface area contributed by atoms with Crippen molar-refractivity contribution in [1.29, 1.82) is 0 Å². The van der Waals surface area contributed by atoms with Crippen LogP contribution in [0.15, 0.2) is 18.2 Å². The second-order valence-electron chi connectivity index (χ2n) is 3.90. The quantitative estimate of drug-likeness (QED) is 0.752. The smallest absolute Gasteiger partial charge is 0.258 e. The highest BCUT2D eigenvalue weighted by atomic mass is 16.5. The number of hydrogen-bond acceptors (Lipinski definition) is 4. The number of amides is 1. The predicted molar refractivity (Wildman–Crippen MR) is 69.7 cm³/mol. The molecule has 0 heterocycles. The van der Waals surface area contributed by atoms with E-state index in [9.17, 15) is 4.79 Å². The van der Waals surface area contributed by atoms with Crippen molar-refractivity contribution < 1.29 is 14.3 Å². The number of methoxy groups -OCH3 is 1. The van der Waals surface area contributed by atoms with Gasteiger partial charge in [-0.25, -0.2) is 0 Å². The van der Waals surface area contributed by atoms with E-state index in [1.807, 2.05) is 19.1 Å². The number of nitrogens with two attached hydrogens (primary N) is 2. The number of carbonyl (C=O) groups is 1. The molecular formula is C13H20N2O3. The van der Waals surface area contributed by atoms with Gasteiger partial charge in [0, 0.05) is 0 Å². The monoisotopic (exact) mass is 252 g/mol. The minimum atomic E-state index is -0.655. The van der Waals surface area contributed by atoms with Gasteiger partial charge in [-0.1, -0.05) is 19.1 Å². The van der Waals surface area contributed by atoms with E-state index in [2.05, 4.69) is 0 Å². The molecule has 5 nitrogen and oxygen atoms in total. The van der Waals surface area contributed by atoms with Crippen LogP contribution >= 0.6 is 0 Å². The summed E-state index contributed by atoms with van der Waals surface area (Å²) in [4.78, 5) is 11.2. The zero-order chi connectivity index (χ0) is 13.5. The van der Waals surface area contributed by atoms with Crippen LogP contribution in [-0.2, 0) is 11.2 Å². The number of primary amides is 1. The van der Waals surface area contributed by atoms with Crippen molar-refractivity contribution in [3.63, 3.8) is 0 Å². The second-order valence-corrected chi connectivity index (χ2v) is 3.90. The molecule has 1 atom stereocenters. The molecule has 0 aliphatic rings. The third-order valence-corrected chi connectivity index (χ3v) is 2.64. The van der Waals surface area contributed by atoms with Crippen LogP contribution in [0, 0.1) is 0 Å². The van der Waals surface area contributed by atoms with Crippen molar-refractivity contribution in [3.05, 3.63) is 23.8 Å². The Hall–Kier alpha value is -1.75. The highest BCUT2D eigenvalue weighted by Gasteiger charge is 2.19. The number of ether oxygens (including phenoxy) is 2. The van der Waals surface area contributed by atoms with Crippen LogP contribution in [0.5, 0.6) is 11.5 Å². The summed E-state index contributed by atoms with van der Waals surface area (Å²) in [5.74, 6) is 0.652. The molecule has 1 amide bonds. The molecule has 0 radical (unpaired) electrons. The van der Waals surface area contributed by atoms with Gasteiger partial charge >= 0.3 is 0 Å². The van der Waals surface area contributed by atoms with Gasteiger partial charge in [0.1, 0.15) is 0 Å². The van der Waals surface area contributed by atoms with Crippen LogP contribution in [0.4, 0.5) is 0 Å². The van der Waals surface area contributed by atoms with E-state index in [1.165, 1.54) is 0 Å². The third-order valence-electron chi connectivity index (χ3n) is 2.64. The highest BCUT2D eigenvalue weighted by Crippen LogP contribution is 2.32. The third kappa shape index (κ3) is 3.37. The number of para-hydroxylation sites is 1. The maximum atomic E-state index is 11.2. The lowest BCUT2D eigenvalue weighted by Gasteiger charge is -2.19. The molecule has 100 valence electrons. The summed E-state index contributed by atoms with van der Waals surface area (Å²) in [7, 11) is 1.56. The summed E-state index contributed by atoms with van der Waals surface area (Å²) in [6, 6.07) is 5.55. The molecule has 4 N–H and O–H groups in total. The molecule has 1 aromatic carbocycles. The van der Waals surface area contributed by atoms with Gasteiger partial charge in [0.25, 0.3) is 5.91 Å². The molecular weight excluding hydrogens is 232 g/mol. The fraction of sp³-hybridized carbons (Fsp3) is 0.462. The Balaban J connectivity index is 3.06. The molecule has 1 unspecified atom stereocenters. The number of carbonyl (C=O) groups excluding carboxylic acids is 1. The van der Waals surface area contributed by atoms with Crippen molar-refractivity contribution in [3.8, 4) is 11.5 Å². The number of benzene rings is 1. The molecule has 0 aliphatic carbocycles. The summed E-state index contributed by atoms with van der Waals surface area (Å²) >= 11 is 0. The molecule has 0 fully saturated rings. The number of hydrogen-bond donors (Lipinski definition) is 2. The van der Waals surface area contributed by atoms with Gasteiger partial charge in [-0.3, -0.25) is 4.79 Å². The Bertz CT molecular complexity index is 407. The van der Waals surface area contributed by atoms with Crippen LogP contribution in [-0.4, -0.2) is 25.7 Å². The number of rotatable bonds is 7. The molecule has 0 saturated heterocycles. The summed E-state index contributed by atoms with van der Waals surface area (Å²) in [5.41, 5.74) is 11.8.